The van der Waals surface area contributed by atoms with Crippen molar-refractivity contribution in [2.45, 2.75) is 24.1 Å². The molecule has 90 valence electrons. The van der Waals surface area contributed by atoms with Crippen molar-refractivity contribution in [2.75, 3.05) is 0 Å². The van der Waals surface area contributed by atoms with Gasteiger partial charge in [0, 0.05) is 34.3 Å². The van der Waals surface area contributed by atoms with Crippen LogP contribution in [-0.2, 0) is 12.3 Å². The standard InChI is InChI=1S/C11H12N2O2S2/c1-2-13-5-8(4-12-13)6-16-9-3-10(11(14)15)17-7-9/h3-5,7H,2,6H2,1H3,(H,14,15). The maximum Gasteiger partial charge on any atom is 0.345 e. The van der Waals surface area contributed by atoms with Gasteiger partial charge in [-0.1, -0.05) is 0 Å². The van der Waals surface area contributed by atoms with Crippen LogP contribution in [0.3, 0.4) is 0 Å². The van der Waals surface area contributed by atoms with Crippen LogP contribution >= 0.6 is 23.1 Å². The number of aromatic carboxylic acids is 1. The normalized spacial score (nSPS) is 10.6. The van der Waals surface area contributed by atoms with Gasteiger partial charge in [0.25, 0.3) is 0 Å². The fourth-order valence-corrected chi connectivity index (χ4v) is 3.11. The number of aryl methyl sites for hydroxylation is 1. The highest BCUT2D eigenvalue weighted by Crippen LogP contribution is 2.27. The molecule has 0 spiro atoms. The van der Waals surface area contributed by atoms with Crippen LogP contribution in [0, 0.1) is 0 Å². The lowest BCUT2D eigenvalue weighted by Crippen LogP contribution is -1.92. The van der Waals surface area contributed by atoms with Crippen LogP contribution in [0.2, 0.25) is 0 Å². The average Bonchev–Trinajstić information content (AvgIpc) is 2.95. The van der Waals surface area contributed by atoms with E-state index in [1.807, 2.05) is 29.4 Å². The van der Waals surface area contributed by atoms with Crippen molar-refractivity contribution in [1.29, 1.82) is 0 Å². The molecule has 0 aromatic carbocycles. The molecule has 0 radical (unpaired) electrons. The molecule has 0 unspecified atom stereocenters. The first-order chi connectivity index (χ1) is 8.19. The van der Waals surface area contributed by atoms with Crippen molar-refractivity contribution < 1.29 is 9.90 Å². The molecule has 2 aromatic rings. The Bertz CT molecular complexity index is 519. The summed E-state index contributed by atoms with van der Waals surface area (Å²) in [5, 5.41) is 14.9. The lowest BCUT2D eigenvalue weighted by molar-refractivity contribution is 0.0702. The number of aromatic nitrogens is 2. The number of thioether (sulfide) groups is 1. The van der Waals surface area contributed by atoms with Crippen molar-refractivity contribution in [3.05, 3.63) is 34.3 Å². The maximum atomic E-state index is 10.7. The SMILES string of the molecule is CCn1cc(CSc2csc(C(=O)O)c2)cn1. The van der Waals surface area contributed by atoms with Gasteiger partial charge < -0.3 is 5.11 Å². The van der Waals surface area contributed by atoms with Gasteiger partial charge in [-0.15, -0.1) is 23.1 Å². The Morgan fingerprint density at radius 3 is 3.06 bits per heavy atom. The van der Waals surface area contributed by atoms with Crippen molar-refractivity contribution >= 4 is 29.1 Å². The number of carboxylic acid groups (broad SMARTS) is 1. The summed E-state index contributed by atoms with van der Waals surface area (Å²) >= 11 is 2.89. The molecule has 4 nitrogen and oxygen atoms in total. The second-order valence-corrected chi connectivity index (χ2v) is 5.40. The molecule has 2 rings (SSSR count). The smallest absolute Gasteiger partial charge is 0.345 e. The molecule has 0 saturated carbocycles. The molecule has 2 aromatic heterocycles. The predicted octanol–water partition coefficient (Wildman–Crippen LogP) is 2.96. The Hall–Kier alpha value is -1.27. The number of hydrogen-bond acceptors (Lipinski definition) is 4. The molecule has 0 amide bonds. The van der Waals surface area contributed by atoms with Crippen molar-refractivity contribution in [3.63, 3.8) is 0 Å². The Labute approximate surface area is 107 Å². The van der Waals surface area contributed by atoms with E-state index < -0.39 is 5.97 Å². The summed E-state index contributed by atoms with van der Waals surface area (Å²) in [5.74, 6) is -0.0452. The molecule has 0 bridgehead atoms. The van der Waals surface area contributed by atoms with Crippen molar-refractivity contribution in [3.8, 4) is 0 Å². The molecule has 6 heteroatoms. The lowest BCUT2D eigenvalue weighted by Gasteiger charge is -1.95. The number of thiophene rings is 1. The summed E-state index contributed by atoms with van der Waals surface area (Å²) in [7, 11) is 0. The summed E-state index contributed by atoms with van der Waals surface area (Å²) in [6.45, 7) is 2.91. The molecule has 0 aliphatic rings. The van der Waals surface area contributed by atoms with Crippen LogP contribution in [0.5, 0.6) is 0 Å². The van der Waals surface area contributed by atoms with E-state index in [0.717, 1.165) is 22.8 Å². The molecule has 0 aliphatic carbocycles. The minimum atomic E-state index is -0.861. The Kier molecular flexibility index (Phi) is 3.86. The summed E-state index contributed by atoms with van der Waals surface area (Å²) < 4.78 is 1.88. The number of hydrogen-bond donors (Lipinski definition) is 1. The van der Waals surface area contributed by atoms with E-state index in [2.05, 4.69) is 5.10 Å². The van der Waals surface area contributed by atoms with E-state index in [4.69, 9.17) is 5.11 Å². The van der Waals surface area contributed by atoms with Crippen molar-refractivity contribution in [2.24, 2.45) is 0 Å². The van der Waals surface area contributed by atoms with Gasteiger partial charge in [-0.3, -0.25) is 4.68 Å². The Balaban J connectivity index is 1.94. The first-order valence-electron chi connectivity index (χ1n) is 5.15. The van der Waals surface area contributed by atoms with E-state index in [9.17, 15) is 4.79 Å². The van der Waals surface area contributed by atoms with Crippen LogP contribution < -0.4 is 0 Å². The van der Waals surface area contributed by atoms with Gasteiger partial charge in [0.1, 0.15) is 4.88 Å². The van der Waals surface area contributed by atoms with Gasteiger partial charge in [-0.2, -0.15) is 5.10 Å². The lowest BCUT2D eigenvalue weighted by atomic mass is 10.4. The fourth-order valence-electron chi connectivity index (χ4n) is 1.33. The van der Waals surface area contributed by atoms with E-state index >= 15 is 0 Å². The molecule has 1 N–H and O–H groups in total. The number of carbonyl (C=O) groups is 1. The van der Waals surface area contributed by atoms with Crippen molar-refractivity contribution in [1.82, 2.24) is 9.78 Å². The van der Waals surface area contributed by atoms with E-state index in [0.29, 0.717) is 4.88 Å². The van der Waals surface area contributed by atoms with E-state index in [-0.39, 0.29) is 0 Å². The van der Waals surface area contributed by atoms with Crippen LogP contribution in [0.25, 0.3) is 0 Å². The largest absolute Gasteiger partial charge is 0.477 e. The van der Waals surface area contributed by atoms with Crippen LogP contribution in [0.1, 0.15) is 22.2 Å². The third-order valence-electron chi connectivity index (χ3n) is 2.20. The van der Waals surface area contributed by atoms with Crippen LogP contribution in [0.15, 0.2) is 28.7 Å². The monoisotopic (exact) mass is 268 g/mol. The highest BCUT2D eigenvalue weighted by Gasteiger charge is 2.07. The molecule has 17 heavy (non-hydrogen) atoms. The molecular weight excluding hydrogens is 256 g/mol. The summed E-state index contributed by atoms with van der Waals surface area (Å²) in [5.41, 5.74) is 1.15. The minimum Gasteiger partial charge on any atom is -0.477 e. The third-order valence-corrected chi connectivity index (χ3v) is 4.32. The molecule has 0 fully saturated rings. The molecule has 0 atom stereocenters. The van der Waals surface area contributed by atoms with E-state index in [1.165, 1.54) is 11.3 Å². The van der Waals surface area contributed by atoms with Gasteiger partial charge in [-0.25, -0.2) is 4.79 Å². The van der Waals surface area contributed by atoms with Gasteiger partial charge >= 0.3 is 5.97 Å². The first-order valence-corrected chi connectivity index (χ1v) is 7.01. The minimum absolute atomic E-state index is 0.386. The first kappa shape index (κ1) is 12.2. The number of rotatable bonds is 5. The van der Waals surface area contributed by atoms with E-state index in [1.54, 1.807) is 17.8 Å². The summed E-state index contributed by atoms with van der Waals surface area (Å²) in [4.78, 5) is 12.1. The predicted molar refractivity (Wildman–Crippen MR) is 68.7 cm³/mol. The zero-order valence-corrected chi connectivity index (χ0v) is 10.9. The third kappa shape index (κ3) is 3.10. The fraction of sp³-hybridized carbons (Fsp3) is 0.273. The quantitative estimate of drug-likeness (QED) is 0.847. The summed E-state index contributed by atoms with van der Waals surface area (Å²) in [6.07, 6.45) is 3.86. The van der Waals surface area contributed by atoms with Crippen LogP contribution in [0.4, 0.5) is 0 Å². The zero-order chi connectivity index (χ0) is 12.3. The average molecular weight is 268 g/mol. The zero-order valence-electron chi connectivity index (χ0n) is 9.29. The number of carboxylic acids is 1. The Morgan fingerprint density at radius 2 is 2.47 bits per heavy atom. The molecule has 0 saturated heterocycles. The molecule has 0 aliphatic heterocycles. The highest BCUT2D eigenvalue weighted by molar-refractivity contribution is 7.98. The maximum absolute atomic E-state index is 10.7. The van der Waals surface area contributed by atoms with Crippen LogP contribution in [-0.4, -0.2) is 20.9 Å². The Morgan fingerprint density at radius 1 is 1.65 bits per heavy atom. The summed E-state index contributed by atoms with van der Waals surface area (Å²) in [6, 6.07) is 1.71. The van der Waals surface area contributed by atoms with Gasteiger partial charge in [0.2, 0.25) is 0 Å². The highest BCUT2D eigenvalue weighted by atomic mass is 32.2. The second kappa shape index (κ2) is 5.37. The molecular formula is C11H12N2O2S2. The second-order valence-electron chi connectivity index (χ2n) is 3.44. The molecule has 2 heterocycles. The number of nitrogens with zero attached hydrogens (tertiary/aromatic N) is 2. The van der Waals surface area contributed by atoms with Gasteiger partial charge in [0.05, 0.1) is 6.20 Å². The van der Waals surface area contributed by atoms with Gasteiger partial charge in [0.15, 0.2) is 0 Å². The topological polar surface area (TPSA) is 55.1 Å². The van der Waals surface area contributed by atoms with Gasteiger partial charge in [-0.05, 0) is 13.0 Å².